The molecule has 1 aromatic carbocycles. The number of methoxy groups -OCH3 is 1. The first-order valence-electron chi connectivity index (χ1n) is 11.0. The van der Waals surface area contributed by atoms with Crippen LogP contribution in [0, 0.1) is 20.8 Å². The van der Waals surface area contributed by atoms with Crippen LogP contribution < -0.4 is 0 Å². The van der Waals surface area contributed by atoms with Crippen molar-refractivity contribution >= 4 is 17.7 Å². The van der Waals surface area contributed by atoms with Crippen molar-refractivity contribution in [3.05, 3.63) is 57.9 Å². The van der Waals surface area contributed by atoms with Gasteiger partial charge in [-0.05, 0) is 59.2 Å². The number of aromatic nitrogens is 1. The predicted molar refractivity (Wildman–Crippen MR) is 123 cm³/mol. The van der Waals surface area contributed by atoms with E-state index in [1.165, 1.54) is 4.90 Å². The lowest BCUT2D eigenvalue weighted by Gasteiger charge is -2.28. The molecule has 32 heavy (non-hydrogen) atoms. The maximum Gasteiger partial charge on any atom is 0.355 e. The van der Waals surface area contributed by atoms with Crippen LogP contribution in [0.5, 0.6) is 0 Å². The fourth-order valence-corrected chi connectivity index (χ4v) is 3.99. The Morgan fingerprint density at radius 1 is 1.06 bits per heavy atom. The largest absolute Gasteiger partial charge is 0.461 e. The molecule has 0 fully saturated rings. The summed E-state index contributed by atoms with van der Waals surface area (Å²) in [4.78, 5) is 41.0. The van der Waals surface area contributed by atoms with Gasteiger partial charge in [0.05, 0.1) is 19.3 Å². The number of Topliss-reactive ketones (excluding diaryl/α,β-unsaturated/α-hetero) is 1. The predicted octanol–water partition coefficient (Wildman–Crippen LogP) is 3.97. The zero-order valence-electron chi connectivity index (χ0n) is 20.2. The van der Waals surface area contributed by atoms with E-state index in [1.54, 1.807) is 44.6 Å². The van der Waals surface area contributed by atoms with E-state index in [9.17, 15) is 14.4 Å². The van der Waals surface area contributed by atoms with Crippen molar-refractivity contribution in [2.45, 2.75) is 54.1 Å². The van der Waals surface area contributed by atoms with Crippen molar-refractivity contribution in [1.29, 1.82) is 0 Å². The number of amides is 1. The number of carbonyl (C=O) groups excluding carboxylic acids is 3. The zero-order chi connectivity index (χ0) is 24.0. The molecule has 1 unspecified atom stereocenters. The van der Waals surface area contributed by atoms with Crippen molar-refractivity contribution in [2.75, 3.05) is 26.9 Å². The average Bonchev–Trinajstić information content (AvgIpc) is 3.03. The number of rotatable bonds is 10. The molecule has 0 radical (unpaired) electrons. The lowest BCUT2D eigenvalue weighted by atomic mass is 9.99. The van der Waals surface area contributed by atoms with E-state index in [4.69, 9.17) is 9.47 Å². The number of ketones is 1. The van der Waals surface area contributed by atoms with Crippen LogP contribution in [0.25, 0.3) is 0 Å². The maximum atomic E-state index is 13.6. The van der Waals surface area contributed by atoms with Crippen LogP contribution in [0.3, 0.4) is 0 Å². The summed E-state index contributed by atoms with van der Waals surface area (Å²) in [5.41, 5.74) is 3.68. The molecule has 0 aliphatic rings. The lowest BCUT2D eigenvalue weighted by Crippen LogP contribution is -2.45. The highest BCUT2D eigenvalue weighted by atomic mass is 16.5. The second kappa shape index (κ2) is 11.1. The highest BCUT2D eigenvalue weighted by molar-refractivity contribution is 6.07. The number of aryl methyl sites for hydroxylation is 1. The highest BCUT2D eigenvalue weighted by Gasteiger charge is 2.33. The Morgan fingerprint density at radius 2 is 1.69 bits per heavy atom. The second-order valence-electron chi connectivity index (χ2n) is 7.80. The average molecular weight is 443 g/mol. The number of hydrogen-bond acceptors (Lipinski definition) is 5. The van der Waals surface area contributed by atoms with Gasteiger partial charge in [-0.25, -0.2) is 4.79 Å². The molecule has 0 saturated heterocycles. The number of nitrogens with zero attached hydrogens (tertiary/aromatic N) is 2. The van der Waals surface area contributed by atoms with Crippen molar-refractivity contribution in [3.63, 3.8) is 0 Å². The lowest BCUT2D eigenvalue weighted by molar-refractivity contribution is 0.0512. The van der Waals surface area contributed by atoms with E-state index in [0.717, 1.165) is 5.56 Å². The van der Waals surface area contributed by atoms with Gasteiger partial charge in [0.25, 0.3) is 5.91 Å². The number of benzene rings is 1. The van der Waals surface area contributed by atoms with E-state index in [2.05, 4.69) is 0 Å². The smallest absolute Gasteiger partial charge is 0.355 e. The number of ether oxygens (including phenoxy) is 2. The molecule has 0 saturated carbocycles. The van der Waals surface area contributed by atoms with Crippen LogP contribution in [-0.2, 0) is 16.0 Å². The van der Waals surface area contributed by atoms with Crippen LogP contribution in [0.15, 0.2) is 24.3 Å². The third-order valence-electron chi connectivity index (χ3n) is 5.74. The number of carbonyl (C=O) groups is 3. The molecular weight excluding hydrogens is 408 g/mol. The first kappa shape index (κ1) is 25.3. The first-order chi connectivity index (χ1) is 15.2. The topological polar surface area (TPSA) is 77.8 Å². The van der Waals surface area contributed by atoms with E-state index >= 15 is 0 Å². The molecule has 174 valence electrons. The molecule has 1 atom stereocenters. The van der Waals surface area contributed by atoms with Crippen LogP contribution >= 0.6 is 0 Å². The highest BCUT2D eigenvalue weighted by Crippen LogP contribution is 2.26. The molecule has 0 aliphatic heterocycles. The summed E-state index contributed by atoms with van der Waals surface area (Å²) < 4.78 is 12.2. The molecular formula is C25H34N2O5. The minimum absolute atomic E-state index is 0.214. The monoisotopic (exact) mass is 442 g/mol. The van der Waals surface area contributed by atoms with Gasteiger partial charge >= 0.3 is 5.97 Å². The number of hydrogen-bond donors (Lipinski definition) is 0. The standard InChI is InChI=1S/C25H34N2O5/c1-8-26-18(5)21(17(4)22(26)25(30)32-9-2)23(28)19(6)27(14-15-31-7)24(29)20-12-10-16(3)11-13-20/h10-13,19H,8-9,14-15H2,1-7H3. The second-order valence-corrected chi connectivity index (χ2v) is 7.80. The van der Waals surface area contributed by atoms with Gasteiger partial charge < -0.3 is 18.9 Å². The summed E-state index contributed by atoms with van der Waals surface area (Å²) >= 11 is 0. The molecule has 0 bridgehead atoms. The summed E-state index contributed by atoms with van der Waals surface area (Å²) in [5, 5.41) is 0. The molecule has 0 spiro atoms. The Bertz CT molecular complexity index is 975. The zero-order valence-corrected chi connectivity index (χ0v) is 20.2. The van der Waals surface area contributed by atoms with E-state index < -0.39 is 12.0 Å². The maximum absolute atomic E-state index is 13.6. The van der Waals surface area contributed by atoms with Crippen molar-refractivity contribution in [1.82, 2.24) is 9.47 Å². The Kier molecular flexibility index (Phi) is 8.78. The van der Waals surface area contributed by atoms with Crippen molar-refractivity contribution in [2.24, 2.45) is 0 Å². The Labute approximate surface area is 190 Å². The van der Waals surface area contributed by atoms with Gasteiger partial charge in [0.1, 0.15) is 5.69 Å². The fraction of sp³-hybridized carbons (Fsp3) is 0.480. The molecule has 0 N–H and O–H groups in total. The summed E-state index contributed by atoms with van der Waals surface area (Å²) in [7, 11) is 1.56. The van der Waals surface area contributed by atoms with Gasteiger partial charge in [-0.1, -0.05) is 17.7 Å². The molecule has 1 amide bonds. The number of esters is 1. The van der Waals surface area contributed by atoms with Crippen LogP contribution in [-0.4, -0.2) is 60.0 Å². The first-order valence-corrected chi connectivity index (χ1v) is 11.0. The van der Waals surface area contributed by atoms with Gasteiger partial charge in [-0.2, -0.15) is 0 Å². The third-order valence-corrected chi connectivity index (χ3v) is 5.74. The summed E-state index contributed by atoms with van der Waals surface area (Å²) in [6.07, 6.45) is 0. The summed E-state index contributed by atoms with van der Waals surface area (Å²) in [6, 6.07) is 6.53. The molecule has 7 heteroatoms. The van der Waals surface area contributed by atoms with E-state index in [-0.39, 0.29) is 24.8 Å². The molecule has 1 aromatic heterocycles. The van der Waals surface area contributed by atoms with Gasteiger partial charge in [-0.15, -0.1) is 0 Å². The van der Waals surface area contributed by atoms with Crippen molar-refractivity contribution < 1.29 is 23.9 Å². The summed E-state index contributed by atoms with van der Waals surface area (Å²) in [5.74, 6) is -0.901. The minimum Gasteiger partial charge on any atom is -0.461 e. The minimum atomic E-state index is -0.737. The molecule has 2 aromatic rings. The van der Waals surface area contributed by atoms with Crippen LogP contribution in [0.2, 0.25) is 0 Å². The quantitative estimate of drug-likeness (QED) is 0.411. The fourth-order valence-electron chi connectivity index (χ4n) is 3.99. The van der Waals surface area contributed by atoms with E-state index in [1.807, 2.05) is 32.9 Å². The van der Waals surface area contributed by atoms with Gasteiger partial charge in [0, 0.05) is 37.0 Å². The third kappa shape index (κ3) is 5.10. The van der Waals surface area contributed by atoms with Crippen LogP contribution in [0.4, 0.5) is 0 Å². The Balaban J connectivity index is 2.47. The molecule has 2 rings (SSSR count). The Morgan fingerprint density at radius 3 is 2.22 bits per heavy atom. The SMILES string of the molecule is CCOC(=O)c1c(C)c(C(=O)C(C)N(CCOC)C(=O)c2ccc(C)cc2)c(C)n1CC. The van der Waals surface area contributed by atoms with Crippen LogP contribution in [0.1, 0.15) is 68.8 Å². The molecule has 7 nitrogen and oxygen atoms in total. The molecule has 1 heterocycles. The molecule has 0 aliphatic carbocycles. The van der Waals surface area contributed by atoms with Crippen molar-refractivity contribution in [3.8, 4) is 0 Å². The van der Waals surface area contributed by atoms with E-state index in [0.29, 0.717) is 41.2 Å². The Hall–Kier alpha value is -2.93. The van der Waals surface area contributed by atoms with Gasteiger partial charge in [0.2, 0.25) is 0 Å². The van der Waals surface area contributed by atoms with Gasteiger partial charge in [0.15, 0.2) is 5.78 Å². The summed E-state index contributed by atoms with van der Waals surface area (Å²) in [6.45, 7) is 12.3. The normalized spacial score (nSPS) is 11.8. The van der Waals surface area contributed by atoms with Gasteiger partial charge in [-0.3, -0.25) is 9.59 Å².